The molecule has 0 aliphatic carbocycles. The Morgan fingerprint density at radius 2 is 2.11 bits per heavy atom. The summed E-state index contributed by atoms with van der Waals surface area (Å²) in [5.74, 6) is 0. The number of hydrogen-bond acceptors (Lipinski definition) is 2. The average molecular weight is 242 g/mol. The van der Waals surface area contributed by atoms with Crippen molar-refractivity contribution in [3.05, 3.63) is 0 Å². The highest BCUT2D eigenvalue weighted by molar-refractivity contribution is 14.1. The van der Waals surface area contributed by atoms with E-state index in [0.29, 0.717) is 6.04 Å². The Bertz CT molecular complexity index is 66.1. The van der Waals surface area contributed by atoms with Gasteiger partial charge < -0.3 is 10.6 Å². The molecule has 3 heteroatoms. The number of nitrogens with zero attached hydrogens (tertiary/aromatic N) is 1. The molecule has 0 spiro atoms. The van der Waals surface area contributed by atoms with E-state index >= 15 is 0 Å². The summed E-state index contributed by atoms with van der Waals surface area (Å²) in [6, 6.07) is 0.382. The second-order valence-corrected chi connectivity index (χ2v) is 3.39. The van der Waals surface area contributed by atoms with Gasteiger partial charge in [0.25, 0.3) is 0 Å². The Labute approximate surface area is 70.9 Å². The average Bonchev–Trinajstić information content (AvgIpc) is 1.83. The van der Waals surface area contributed by atoms with Crippen LogP contribution in [0.1, 0.15) is 6.42 Å². The van der Waals surface area contributed by atoms with Gasteiger partial charge in [-0.3, -0.25) is 0 Å². The number of nitrogens with two attached hydrogens (primary N) is 1. The molecule has 0 aliphatic heterocycles. The molecule has 0 heterocycles. The first kappa shape index (κ1) is 9.65. The lowest BCUT2D eigenvalue weighted by Crippen LogP contribution is -2.27. The minimum absolute atomic E-state index is 0.382. The minimum Gasteiger partial charge on any atom is -0.327 e. The molecular formula is C6H15IN2. The second kappa shape index (κ2) is 5.44. The second-order valence-electron chi connectivity index (χ2n) is 2.51. The highest BCUT2D eigenvalue weighted by Crippen LogP contribution is 1.93. The van der Waals surface area contributed by atoms with E-state index in [0.717, 1.165) is 17.4 Å². The van der Waals surface area contributed by atoms with Crippen LogP contribution in [0.5, 0.6) is 0 Å². The number of alkyl halides is 1. The monoisotopic (exact) mass is 242 g/mol. The van der Waals surface area contributed by atoms with Gasteiger partial charge in [-0.15, -0.1) is 0 Å². The predicted octanol–water partition coefficient (Wildman–Crippen LogP) is 0.700. The molecule has 0 aromatic carbocycles. The molecule has 1 unspecified atom stereocenters. The SMILES string of the molecule is CN(C)CCC(N)CI. The highest BCUT2D eigenvalue weighted by atomic mass is 127. The lowest BCUT2D eigenvalue weighted by molar-refractivity contribution is 0.387. The zero-order valence-electron chi connectivity index (χ0n) is 6.10. The van der Waals surface area contributed by atoms with Crippen molar-refractivity contribution in [3.63, 3.8) is 0 Å². The van der Waals surface area contributed by atoms with E-state index < -0.39 is 0 Å². The van der Waals surface area contributed by atoms with Crippen LogP contribution in [0.3, 0.4) is 0 Å². The summed E-state index contributed by atoms with van der Waals surface area (Å²) in [5.41, 5.74) is 5.69. The third-order valence-corrected chi connectivity index (χ3v) is 2.28. The zero-order valence-corrected chi connectivity index (χ0v) is 8.26. The van der Waals surface area contributed by atoms with E-state index in [1.807, 2.05) is 0 Å². The third-order valence-electron chi connectivity index (χ3n) is 1.15. The van der Waals surface area contributed by atoms with E-state index in [9.17, 15) is 0 Å². The lowest BCUT2D eigenvalue weighted by atomic mass is 10.2. The van der Waals surface area contributed by atoms with Crippen LogP contribution in [0.4, 0.5) is 0 Å². The largest absolute Gasteiger partial charge is 0.327 e. The maximum absolute atomic E-state index is 5.69. The van der Waals surface area contributed by atoms with Crippen LogP contribution in [0.15, 0.2) is 0 Å². The van der Waals surface area contributed by atoms with Gasteiger partial charge in [-0.25, -0.2) is 0 Å². The quantitative estimate of drug-likeness (QED) is 0.580. The molecule has 0 fully saturated rings. The first-order chi connectivity index (χ1) is 4.16. The molecule has 2 nitrogen and oxygen atoms in total. The maximum Gasteiger partial charge on any atom is 0.0148 e. The Morgan fingerprint density at radius 3 is 2.44 bits per heavy atom. The van der Waals surface area contributed by atoms with Crippen molar-refractivity contribution in [1.29, 1.82) is 0 Å². The molecule has 0 radical (unpaired) electrons. The highest BCUT2D eigenvalue weighted by Gasteiger charge is 1.98. The van der Waals surface area contributed by atoms with Crippen molar-refractivity contribution in [3.8, 4) is 0 Å². The van der Waals surface area contributed by atoms with Crippen LogP contribution >= 0.6 is 22.6 Å². The van der Waals surface area contributed by atoms with Crippen LogP contribution in [0.25, 0.3) is 0 Å². The fourth-order valence-electron chi connectivity index (χ4n) is 0.501. The summed E-state index contributed by atoms with van der Waals surface area (Å²) in [6.45, 7) is 1.10. The molecule has 0 saturated heterocycles. The smallest absolute Gasteiger partial charge is 0.0148 e. The molecule has 0 aliphatic rings. The number of rotatable bonds is 4. The van der Waals surface area contributed by atoms with Crippen LogP contribution in [0, 0.1) is 0 Å². The fraction of sp³-hybridized carbons (Fsp3) is 1.00. The van der Waals surface area contributed by atoms with Crippen LogP contribution in [0.2, 0.25) is 0 Å². The Kier molecular flexibility index (Phi) is 5.83. The van der Waals surface area contributed by atoms with Gasteiger partial charge in [-0.1, -0.05) is 22.6 Å². The normalized spacial score (nSPS) is 14.3. The van der Waals surface area contributed by atoms with Gasteiger partial charge in [0, 0.05) is 10.5 Å². The van der Waals surface area contributed by atoms with Gasteiger partial charge in [0.05, 0.1) is 0 Å². The van der Waals surface area contributed by atoms with E-state index in [1.165, 1.54) is 0 Å². The van der Waals surface area contributed by atoms with Gasteiger partial charge in [-0.05, 0) is 27.1 Å². The maximum atomic E-state index is 5.69. The topological polar surface area (TPSA) is 29.3 Å². The number of hydrogen-bond donors (Lipinski definition) is 1. The van der Waals surface area contributed by atoms with E-state index in [1.54, 1.807) is 0 Å². The van der Waals surface area contributed by atoms with Gasteiger partial charge in [0.15, 0.2) is 0 Å². The summed E-state index contributed by atoms with van der Waals surface area (Å²) < 4.78 is 1.06. The molecule has 9 heavy (non-hydrogen) atoms. The van der Waals surface area contributed by atoms with Crippen LogP contribution in [-0.4, -0.2) is 36.0 Å². The molecule has 1 atom stereocenters. The molecule has 0 aromatic rings. The van der Waals surface area contributed by atoms with E-state index in [-0.39, 0.29) is 0 Å². The molecule has 2 N–H and O–H groups in total. The van der Waals surface area contributed by atoms with Crippen LogP contribution in [-0.2, 0) is 0 Å². The molecule has 56 valence electrons. The van der Waals surface area contributed by atoms with Gasteiger partial charge in [0.2, 0.25) is 0 Å². The molecule has 0 bridgehead atoms. The van der Waals surface area contributed by atoms with Crippen molar-refractivity contribution in [2.45, 2.75) is 12.5 Å². The fourth-order valence-corrected chi connectivity index (χ4v) is 0.942. The standard InChI is InChI=1S/C6H15IN2/c1-9(2)4-3-6(8)5-7/h6H,3-5,8H2,1-2H3. The lowest BCUT2D eigenvalue weighted by Gasteiger charge is -2.12. The summed E-state index contributed by atoms with van der Waals surface area (Å²) in [5, 5.41) is 0. The first-order valence-corrected chi connectivity index (χ1v) is 4.65. The van der Waals surface area contributed by atoms with E-state index in [4.69, 9.17) is 5.73 Å². The van der Waals surface area contributed by atoms with Crippen molar-refractivity contribution in [2.24, 2.45) is 5.73 Å². The summed E-state index contributed by atoms with van der Waals surface area (Å²) in [7, 11) is 4.14. The zero-order chi connectivity index (χ0) is 7.28. The van der Waals surface area contributed by atoms with Gasteiger partial charge >= 0.3 is 0 Å². The third kappa shape index (κ3) is 6.54. The number of halogens is 1. The summed E-state index contributed by atoms with van der Waals surface area (Å²) in [6.07, 6.45) is 1.11. The van der Waals surface area contributed by atoms with Crippen molar-refractivity contribution < 1.29 is 0 Å². The molecule has 0 saturated carbocycles. The van der Waals surface area contributed by atoms with Crippen molar-refractivity contribution in [1.82, 2.24) is 4.90 Å². The predicted molar refractivity (Wildman–Crippen MR) is 50.0 cm³/mol. The Hall–Kier alpha value is 0.650. The van der Waals surface area contributed by atoms with Crippen molar-refractivity contribution in [2.75, 3.05) is 25.1 Å². The Balaban J connectivity index is 3.06. The molecule has 0 amide bonds. The first-order valence-electron chi connectivity index (χ1n) is 3.13. The Morgan fingerprint density at radius 1 is 1.56 bits per heavy atom. The van der Waals surface area contributed by atoms with E-state index in [2.05, 4.69) is 41.6 Å². The van der Waals surface area contributed by atoms with Gasteiger partial charge in [0.1, 0.15) is 0 Å². The summed E-state index contributed by atoms with van der Waals surface area (Å²) in [4.78, 5) is 2.16. The minimum atomic E-state index is 0.382. The van der Waals surface area contributed by atoms with Gasteiger partial charge in [-0.2, -0.15) is 0 Å². The molecular weight excluding hydrogens is 227 g/mol. The summed E-state index contributed by atoms with van der Waals surface area (Å²) >= 11 is 2.32. The van der Waals surface area contributed by atoms with Crippen molar-refractivity contribution >= 4 is 22.6 Å². The molecule has 0 aromatic heterocycles. The molecule has 0 rings (SSSR count). The van der Waals surface area contributed by atoms with Crippen LogP contribution < -0.4 is 5.73 Å².